The van der Waals surface area contributed by atoms with Gasteiger partial charge in [0.05, 0.1) is 18.0 Å². The van der Waals surface area contributed by atoms with E-state index in [9.17, 15) is 23.1 Å². The Labute approximate surface area is 235 Å². The Morgan fingerprint density at radius 2 is 1.90 bits per heavy atom. The number of hydrogen-bond acceptors (Lipinski definition) is 11. The molecule has 15 heteroatoms. The maximum absolute atomic E-state index is 12.2. The van der Waals surface area contributed by atoms with Crippen LogP contribution in [0.1, 0.15) is 39.8 Å². The highest BCUT2D eigenvalue weighted by Gasteiger charge is 2.29. The van der Waals surface area contributed by atoms with Gasteiger partial charge in [0.1, 0.15) is 16.5 Å². The lowest BCUT2D eigenvalue weighted by Crippen LogP contribution is -2.48. The highest BCUT2D eigenvalue weighted by Crippen LogP contribution is 2.36. The molecule has 2 aliphatic rings. The van der Waals surface area contributed by atoms with E-state index < -0.39 is 16.0 Å². The fourth-order valence-electron chi connectivity index (χ4n) is 4.68. The first-order chi connectivity index (χ1) is 19.1. The normalized spacial score (nSPS) is 15.4. The molecule has 0 bridgehead atoms. The minimum Gasteiger partial charge on any atom is -0.477 e. The van der Waals surface area contributed by atoms with Gasteiger partial charge in [0, 0.05) is 37.4 Å². The number of anilines is 5. The molecule has 2 aromatic heterocycles. The van der Waals surface area contributed by atoms with Crippen molar-refractivity contribution >= 4 is 61.6 Å². The first-order valence-electron chi connectivity index (χ1n) is 12.9. The number of aryl methyl sites for hydroxylation is 1. The lowest BCUT2D eigenvalue weighted by Gasteiger charge is -2.35. The van der Waals surface area contributed by atoms with Crippen LogP contribution < -0.4 is 25.2 Å². The fraction of sp³-hybridized carbons (Fsp3) is 0.400. The van der Waals surface area contributed by atoms with Gasteiger partial charge in [-0.25, -0.2) is 18.2 Å². The van der Waals surface area contributed by atoms with Crippen molar-refractivity contribution in [3.05, 3.63) is 46.0 Å². The van der Waals surface area contributed by atoms with Crippen molar-refractivity contribution in [2.75, 3.05) is 51.8 Å². The maximum Gasteiger partial charge on any atom is 0.347 e. The molecule has 0 radical (unpaired) electrons. The molecule has 2 aliphatic heterocycles. The predicted octanol–water partition coefficient (Wildman–Crippen LogP) is 2.33. The van der Waals surface area contributed by atoms with E-state index in [4.69, 9.17) is 9.97 Å². The molecule has 0 saturated carbocycles. The highest BCUT2D eigenvalue weighted by molar-refractivity contribution is 7.92. The van der Waals surface area contributed by atoms with Gasteiger partial charge in [-0.3, -0.25) is 14.8 Å². The molecular formula is C25H30N8O5S2. The van der Waals surface area contributed by atoms with Gasteiger partial charge in [-0.2, -0.15) is 9.97 Å². The summed E-state index contributed by atoms with van der Waals surface area (Å²) in [6.07, 6.45) is 1.62. The smallest absolute Gasteiger partial charge is 0.347 e. The third kappa shape index (κ3) is 6.09. The summed E-state index contributed by atoms with van der Waals surface area (Å²) >= 11 is 1.01. The molecule has 4 N–H and O–H groups in total. The van der Waals surface area contributed by atoms with Crippen molar-refractivity contribution < 1.29 is 23.1 Å². The fourth-order valence-corrected chi connectivity index (χ4v) is 6.12. The molecule has 3 aromatic rings. The minimum absolute atomic E-state index is 0.00538. The van der Waals surface area contributed by atoms with E-state index in [2.05, 4.69) is 25.2 Å². The number of nitrogens with one attached hydrogen (secondary N) is 3. The van der Waals surface area contributed by atoms with E-state index in [1.54, 1.807) is 26.0 Å². The number of rotatable bonds is 9. The second-order valence-electron chi connectivity index (χ2n) is 9.54. The summed E-state index contributed by atoms with van der Waals surface area (Å²) in [4.78, 5) is 41.9. The largest absolute Gasteiger partial charge is 0.477 e. The molecule has 1 saturated heterocycles. The summed E-state index contributed by atoms with van der Waals surface area (Å²) in [5.41, 5.74) is 2.82. The predicted molar refractivity (Wildman–Crippen MR) is 153 cm³/mol. The number of piperazine rings is 1. The zero-order valence-electron chi connectivity index (χ0n) is 22.1. The Bertz CT molecular complexity index is 1540. The summed E-state index contributed by atoms with van der Waals surface area (Å²) < 4.78 is 26.4. The molecular weight excluding hydrogens is 556 g/mol. The van der Waals surface area contributed by atoms with Gasteiger partial charge in [0.15, 0.2) is 5.13 Å². The second-order valence-corrected chi connectivity index (χ2v) is 12.5. The molecule has 0 spiro atoms. The van der Waals surface area contributed by atoms with Crippen LogP contribution in [-0.4, -0.2) is 72.3 Å². The quantitative estimate of drug-likeness (QED) is 0.290. The van der Waals surface area contributed by atoms with Gasteiger partial charge < -0.3 is 20.2 Å². The molecule has 1 amide bonds. The van der Waals surface area contributed by atoms with Crippen LogP contribution in [0.4, 0.5) is 28.4 Å². The standard InChI is InChI=1S/C25H30N8O5S2/c1-3-40(37,38)31-17-8-6-16(7-9-17)13-32-11-4-5-18-21(32)28-24(29-22(18)33-12-10-26-19(34)14-33)30-25-27-15(2)20(39-25)23(35)36/h6-9,31H,3-5,10-14H2,1-2H3,(H,26,34)(H,35,36)(H,27,28,29,30). The number of aromatic carboxylic acids is 1. The monoisotopic (exact) mass is 586 g/mol. The number of carbonyl (C=O) groups excluding carboxylic acids is 1. The van der Waals surface area contributed by atoms with Crippen LogP contribution in [0.15, 0.2) is 24.3 Å². The number of thiazole rings is 1. The minimum atomic E-state index is -3.36. The van der Waals surface area contributed by atoms with Gasteiger partial charge in [-0.15, -0.1) is 0 Å². The Morgan fingerprint density at radius 3 is 2.58 bits per heavy atom. The van der Waals surface area contributed by atoms with E-state index in [0.29, 0.717) is 42.0 Å². The summed E-state index contributed by atoms with van der Waals surface area (Å²) in [5.74, 6) is 0.529. The number of carboxylic acids is 1. The van der Waals surface area contributed by atoms with Crippen LogP contribution >= 0.6 is 11.3 Å². The van der Waals surface area contributed by atoms with Gasteiger partial charge >= 0.3 is 5.97 Å². The molecule has 1 aromatic carbocycles. The molecule has 0 unspecified atom stereocenters. The lowest BCUT2D eigenvalue weighted by atomic mass is 10.0. The molecule has 5 rings (SSSR count). The van der Waals surface area contributed by atoms with Gasteiger partial charge in [0.25, 0.3) is 0 Å². The van der Waals surface area contributed by atoms with Crippen molar-refractivity contribution in [3.63, 3.8) is 0 Å². The highest BCUT2D eigenvalue weighted by atomic mass is 32.2. The molecule has 4 heterocycles. The zero-order chi connectivity index (χ0) is 28.4. The number of nitrogens with zero attached hydrogens (tertiary/aromatic N) is 5. The summed E-state index contributed by atoms with van der Waals surface area (Å²) in [6.45, 7) is 5.78. The molecule has 40 heavy (non-hydrogen) atoms. The third-order valence-electron chi connectivity index (χ3n) is 6.65. The van der Waals surface area contributed by atoms with Crippen molar-refractivity contribution in [2.45, 2.75) is 33.2 Å². The summed E-state index contributed by atoms with van der Waals surface area (Å²) in [5, 5.41) is 15.7. The van der Waals surface area contributed by atoms with E-state index in [0.717, 1.165) is 47.7 Å². The number of amides is 1. The van der Waals surface area contributed by atoms with E-state index in [1.807, 2.05) is 17.0 Å². The number of carbonyl (C=O) groups is 2. The number of hydrogen-bond donors (Lipinski definition) is 4. The Kier molecular flexibility index (Phi) is 7.76. The molecule has 0 aliphatic carbocycles. The SMILES string of the molecule is CCS(=O)(=O)Nc1ccc(CN2CCCc3c(N4CCNC(=O)C4)nc(Nc4nc(C)c(C(=O)O)s4)nc32)cc1. The van der Waals surface area contributed by atoms with Gasteiger partial charge in [-0.05, 0) is 44.4 Å². The van der Waals surface area contributed by atoms with Crippen molar-refractivity contribution in [3.8, 4) is 0 Å². The van der Waals surface area contributed by atoms with Crippen LogP contribution in [0.25, 0.3) is 0 Å². The number of aromatic nitrogens is 3. The average molecular weight is 587 g/mol. The van der Waals surface area contributed by atoms with Crippen molar-refractivity contribution in [1.82, 2.24) is 20.3 Å². The first kappa shape index (κ1) is 27.6. The number of fused-ring (bicyclic) bond motifs is 1. The molecule has 13 nitrogen and oxygen atoms in total. The Hall–Kier alpha value is -3.98. The number of carboxylic acid groups (broad SMARTS) is 1. The van der Waals surface area contributed by atoms with Gasteiger partial charge in [0.2, 0.25) is 21.9 Å². The van der Waals surface area contributed by atoms with Gasteiger partial charge in [-0.1, -0.05) is 23.5 Å². The van der Waals surface area contributed by atoms with Crippen LogP contribution in [0, 0.1) is 6.92 Å². The third-order valence-corrected chi connectivity index (χ3v) is 9.01. The van der Waals surface area contributed by atoms with Crippen molar-refractivity contribution in [2.24, 2.45) is 0 Å². The number of sulfonamides is 1. The topological polar surface area (TPSA) is 170 Å². The van der Waals surface area contributed by atoms with Crippen LogP contribution in [-0.2, 0) is 27.8 Å². The Balaban J connectivity index is 1.47. The van der Waals surface area contributed by atoms with Crippen LogP contribution in [0.5, 0.6) is 0 Å². The zero-order valence-corrected chi connectivity index (χ0v) is 23.7. The average Bonchev–Trinajstić information content (AvgIpc) is 3.29. The van der Waals surface area contributed by atoms with Crippen LogP contribution in [0.2, 0.25) is 0 Å². The molecule has 1 fully saturated rings. The van der Waals surface area contributed by atoms with E-state index in [1.165, 1.54) is 0 Å². The number of benzene rings is 1. The summed E-state index contributed by atoms with van der Waals surface area (Å²) in [6, 6.07) is 7.24. The summed E-state index contributed by atoms with van der Waals surface area (Å²) in [7, 11) is -3.36. The molecule has 0 atom stereocenters. The van der Waals surface area contributed by atoms with E-state index >= 15 is 0 Å². The molecule has 212 valence electrons. The first-order valence-corrected chi connectivity index (χ1v) is 15.3. The maximum atomic E-state index is 12.2. The lowest BCUT2D eigenvalue weighted by molar-refractivity contribution is -0.120. The Morgan fingerprint density at radius 1 is 1.15 bits per heavy atom. The van der Waals surface area contributed by atoms with E-state index in [-0.39, 0.29) is 29.0 Å². The van der Waals surface area contributed by atoms with Crippen molar-refractivity contribution in [1.29, 1.82) is 0 Å². The second kappa shape index (κ2) is 11.3. The van der Waals surface area contributed by atoms with Crippen LogP contribution in [0.3, 0.4) is 0 Å².